The zero-order chi connectivity index (χ0) is 29.4. The van der Waals surface area contributed by atoms with Crippen molar-refractivity contribution in [3.05, 3.63) is 79.5 Å². The second-order valence-corrected chi connectivity index (χ2v) is 9.91. The molecule has 0 bridgehead atoms. The van der Waals surface area contributed by atoms with E-state index in [2.05, 4.69) is 30.9 Å². The van der Waals surface area contributed by atoms with E-state index in [4.69, 9.17) is 11.6 Å². The van der Waals surface area contributed by atoms with E-state index < -0.39 is 36.2 Å². The normalized spacial score (nSPS) is 11.9. The highest BCUT2D eigenvalue weighted by Crippen LogP contribution is 2.42. The zero-order valence-corrected chi connectivity index (χ0v) is 23.3. The predicted molar refractivity (Wildman–Crippen MR) is 141 cm³/mol. The summed E-state index contributed by atoms with van der Waals surface area (Å²) >= 11 is 8.29. The summed E-state index contributed by atoms with van der Waals surface area (Å²) in [6.07, 6.45) is -4.18. The molecule has 0 aliphatic carbocycles. The van der Waals surface area contributed by atoms with Crippen molar-refractivity contribution in [1.29, 1.82) is 0 Å². The molecular formula is C23H17ClF5IN8O2. The summed E-state index contributed by atoms with van der Waals surface area (Å²) in [5, 5.41) is 16.3. The number of halogens is 7. The number of hydrogen-bond acceptors (Lipinski definition) is 6. The number of carbonyl (C=O) groups excluding carboxylic acids is 2. The molecule has 0 saturated heterocycles. The maximum Gasteiger partial charge on any atom is 0.459 e. The Bertz CT molecular complexity index is 1600. The van der Waals surface area contributed by atoms with Gasteiger partial charge < -0.3 is 10.6 Å². The minimum absolute atomic E-state index is 0.00945. The van der Waals surface area contributed by atoms with E-state index in [1.54, 1.807) is 19.1 Å². The van der Waals surface area contributed by atoms with Gasteiger partial charge in [-0.2, -0.15) is 42.0 Å². The van der Waals surface area contributed by atoms with E-state index in [-0.39, 0.29) is 33.5 Å². The number of rotatable bonds is 7. The fourth-order valence-electron chi connectivity index (χ4n) is 3.57. The van der Waals surface area contributed by atoms with Crippen LogP contribution >= 0.6 is 34.2 Å². The molecule has 1 aromatic carbocycles. The van der Waals surface area contributed by atoms with Crippen molar-refractivity contribution in [1.82, 2.24) is 35.1 Å². The average molecular weight is 695 g/mol. The lowest BCUT2D eigenvalue weighted by Gasteiger charge is -2.16. The first-order valence-corrected chi connectivity index (χ1v) is 12.6. The zero-order valence-electron chi connectivity index (χ0n) is 20.4. The molecule has 10 nitrogen and oxygen atoms in total. The molecule has 3 aromatic heterocycles. The van der Waals surface area contributed by atoms with Crippen LogP contribution in [-0.2, 0) is 12.5 Å². The van der Waals surface area contributed by atoms with Gasteiger partial charge in [-0.05, 0) is 65.4 Å². The van der Waals surface area contributed by atoms with Crippen molar-refractivity contribution in [3.8, 4) is 5.82 Å². The average Bonchev–Trinajstić information content (AvgIpc) is 3.52. The second kappa shape index (κ2) is 11.1. The molecule has 210 valence electrons. The van der Waals surface area contributed by atoms with Gasteiger partial charge in [-0.25, -0.2) is 9.67 Å². The molecule has 40 heavy (non-hydrogen) atoms. The standard InChI is InChI=1S/C23H17ClF5IN8O2/c1-11-6-12(30)7-14(20(39)31-2)18(11)34-21(40)16-8-13(35-38(16)19-15(24)4-3-5-32-19)10-37-33-9-17(36-37)22(25,26)23(27,28)29/h3-9H,10H2,1-2H3,(H,31,39)(H,34,40). The first kappa shape index (κ1) is 29.3. The van der Waals surface area contributed by atoms with Crippen LogP contribution < -0.4 is 10.6 Å². The maximum atomic E-state index is 13.7. The lowest BCUT2D eigenvalue weighted by Crippen LogP contribution is -2.34. The van der Waals surface area contributed by atoms with Crippen LogP contribution in [0.2, 0.25) is 5.02 Å². The molecule has 2 amide bonds. The quantitative estimate of drug-likeness (QED) is 0.213. The lowest BCUT2D eigenvalue weighted by molar-refractivity contribution is -0.291. The van der Waals surface area contributed by atoms with E-state index in [1.165, 1.54) is 31.4 Å². The number of aromatic nitrogens is 6. The fraction of sp³-hybridized carbons (Fsp3) is 0.217. The van der Waals surface area contributed by atoms with Gasteiger partial charge in [0, 0.05) is 16.8 Å². The van der Waals surface area contributed by atoms with Crippen molar-refractivity contribution >= 4 is 51.7 Å². The topological polar surface area (TPSA) is 120 Å². The summed E-state index contributed by atoms with van der Waals surface area (Å²) in [5.41, 5.74) is -0.721. The van der Waals surface area contributed by atoms with Crippen LogP contribution in [-0.4, -0.2) is 54.8 Å². The second-order valence-electron chi connectivity index (χ2n) is 8.25. The fourth-order valence-corrected chi connectivity index (χ4v) is 4.55. The van der Waals surface area contributed by atoms with Gasteiger partial charge in [0.2, 0.25) is 0 Å². The van der Waals surface area contributed by atoms with Gasteiger partial charge in [0.25, 0.3) is 11.8 Å². The molecule has 0 unspecified atom stereocenters. The van der Waals surface area contributed by atoms with Gasteiger partial charge in [-0.15, -0.1) is 0 Å². The van der Waals surface area contributed by atoms with E-state index in [0.717, 1.165) is 8.25 Å². The van der Waals surface area contributed by atoms with Crippen LogP contribution in [0.3, 0.4) is 0 Å². The molecular weight excluding hydrogens is 678 g/mol. The van der Waals surface area contributed by atoms with Crippen LogP contribution in [0.4, 0.5) is 27.6 Å². The number of amides is 2. The molecule has 4 rings (SSSR count). The molecule has 0 fully saturated rings. The molecule has 2 N–H and O–H groups in total. The number of alkyl halides is 5. The van der Waals surface area contributed by atoms with E-state index in [1.807, 2.05) is 22.6 Å². The summed E-state index contributed by atoms with van der Waals surface area (Å²) in [6, 6.07) is 7.60. The minimum Gasteiger partial charge on any atom is -0.355 e. The molecule has 4 aromatic rings. The van der Waals surface area contributed by atoms with Crippen molar-refractivity contribution < 1.29 is 31.5 Å². The van der Waals surface area contributed by atoms with Gasteiger partial charge in [-0.1, -0.05) is 11.6 Å². The third-order valence-electron chi connectivity index (χ3n) is 5.46. The molecule has 0 aliphatic rings. The molecule has 0 aliphatic heterocycles. The third-order valence-corrected chi connectivity index (χ3v) is 6.38. The first-order valence-electron chi connectivity index (χ1n) is 11.1. The molecule has 3 heterocycles. The number of benzene rings is 1. The van der Waals surface area contributed by atoms with Gasteiger partial charge in [0.1, 0.15) is 12.2 Å². The monoisotopic (exact) mass is 694 g/mol. The highest BCUT2D eigenvalue weighted by molar-refractivity contribution is 14.1. The van der Waals surface area contributed by atoms with Gasteiger partial charge >= 0.3 is 12.1 Å². The number of carbonyl (C=O) groups is 2. The molecule has 0 spiro atoms. The number of pyridine rings is 1. The lowest BCUT2D eigenvalue weighted by atomic mass is 10.1. The highest BCUT2D eigenvalue weighted by Gasteiger charge is 2.60. The van der Waals surface area contributed by atoms with Crippen LogP contribution in [0.25, 0.3) is 5.82 Å². The number of hydrogen-bond donors (Lipinski definition) is 2. The van der Waals surface area contributed by atoms with Gasteiger partial charge in [0.05, 0.1) is 28.2 Å². The van der Waals surface area contributed by atoms with Crippen molar-refractivity contribution in [3.63, 3.8) is 0 Å². The number of aryl methyl sites for hydroxylation is 1. The van der Waals surface area contributed by atoms with E-state index in [9.17, 15) is 31.5 Å². The van der Waals surface area contributed by atoms with Gasteiger partial charge in [-0.3, -0.25) is 9.59 Å². The number of nitrogens with zero attached hydrogens (tertiary/aromatic N) is 6. The van der Waals surface area contributed by atoms with Crippen LogP contribution in [0.1, 0.15) is 37.8 Å². The Labute approximate surface area is 241 Å². The maximum absolute atomic E-state index is 13.7. The Morgan fingerprint density at radius 3 is 2.48 bits per heavy atom. The predicted octanol–water partition coefficient (Wildman–Crippen LogP) is 4.74. The van der Waals surface area contributed by atoms with Crippen molar-refractivity contribution in [2.24, 2.45) is 0 Å². The Kier molecular flexibility index (Phi) is 8.11. The van der Waals surface area contributed by atoms with Crippen LogP contribution in [0.15, 0.2) is 42.7 Å². The Balaban J connectivity index is 1.74. The largest absolute Gasteiger partial charge is 0.459 e. The molecule has 0 atom stereocenters. The summed E-state index contributed by atoms with van der Waals surface area (Å²) in [7, 11) is 1.44. The first-order chi connectivity index (χ1) is 18.7. The SMILES string of the molecule is CNC(=O)c1cc(I)cc(C)c1NC(=O)c1cc(Cn2ncc(C(F)(F)C(F)(F)F)n2)nn1-c1ncccc1Cl. The van der Waals surface area contributed by atoms with Gasteiger partial charge in [0.15, 0.2) is 11.5 Å². The van der Waals surface area contributed by atoms with E-state index in [0.29, 0.717) is 16.6 Å². The van der Waals surface area contributed by atoms with Crippen molar-refractivity contribution in [2.45, 2.75) is 25.6 Å². The van der Waals surface area contributed by atoms with E-state index >= 15 is 0 Å². The molecule has 17 heteroatoms. The summed E-state index contributed by atoms with van der Waals surface area (Å²) < 4.78 is 67.3. The minimum atomic E-state index is -5.86. The van der Waals surface area contributed by atoms with Crippen molar-refractivity contribution in [2.75, 3.05) is 12.4 Å². The Morgan fingerprint density at radius 1 is 1.10 bits per heavy atom. The van der Waals surface area contributed by atoms with Crippen LogP contribution in [0.5, 0.6) is 0 Å². The molecule has 0 radical (unpaired) electrons. The number of nitrogens with one attached hydrogen (secondary N) is 2. The summed E-state index contributed by atoms with van der Waals surface area (Å²) in [5.74, 6) is -6.38. The van der Waals surface area contributed by atoms with Crippen LogP contribution in [0, 0.1) is 10.5 Å². The summed E-state index contributed by atoms with van der Waals surface area (Å²) in [4.78, 5) is 30.7. The summed E-state index contributed by atoms with van der Waals surface area (Å²) in [6.45, 7) is 1.22. The highest BCUT2D eigenvalue weighted by atomic mass is 127. The smallest absolute Gasteiger partial charge is 0.355 e. The number of anilines is 1. The molecule has 0 saturated carbocycles. The Morgan fingerprint density at radius 2 is 1.82 bits per heavy atom. The Hall–Kier alpha value is -3.67. The third kappa shape index (κ3) is 5.77.